The van der Waals surface area contributed by atoms with Crippen LogP contribution in [0, 0.1) is 5.82 Å². The number of amides is 1. The first kappa shape index (κ1) is 23.8. The summed E-state index contributed by atoms with van der Waals surface area (Å²) in [6.07, 6.45) is 5.94. The van der Waals surface area contributed by atoms with Gasteiger partial charge in [0.2, 0.25) is 5.91 Å². The molecule has 1 unspecified atom stereocenters. The van der Waals surface area contributed by atoms with Crippen LogP contribution in [0.15, 0.2) is 47.4 Å². The van der Waals surface area contributed by atoms with E-state index < -0.39 is 27.8 Å². The number of rotatable bonds is 6. The molecule has 31 heavy (non-hydrogen) atoms. The highest BCUT2D eigenvalue weighted by Gasteiger charge is 2.36. The Bertz CT molecular complexity index is 1020. The van der Waals surface area contributed by atoms with Gasteiger partial charge in [-0.1, -0.05) is 48.9 Å². The third kappa shape index (κ3) is 5.70. The molecule has 0 bridgehead atoms. The topological polar surface area (TPSA) is 66.5 Å². The van der Waals surface area contributed by atoms with Crippen LogP contribution in [0.25, 0.3) is 0 Å². The lowest BCUT2D eigenvalue weighted by atomic mass is 10.1. The Kier molecular flexibility index (Phi) is 7.83. The normalized spacial score (nSPS) is 16.4. The van der Waals surface area contributed by atoms with Crippen molar-refractivity contribution in [3.8, 4) is 0 Å². The van der Waals surface area contributed by atoms with Gasteiger partial charge < -0.3 is 5.32 Å². The summed E-state index contributed by atoms with van der Waals surface area (Å²) in [5, 5.41) is 3.47. The van der Waals surface area contributed by atoms with Crippen LogP contribution in [0.4, 0.5) is 10.1 Å². The molecule has 0 aromatic heterocycles. The number of nitrogens with one attached hydrogen (secondary N) is 1. The smallest absolute Gasteiger partial charge is 0.265 e. The second-order valence-electron chi connectivity index (χ2n) is 7.72. The van der Waals surface area contributed by atoms with Crippen molar-refractivity contribution in [3.05, 3.63) is 58.3 Å². The Morgan fingerprint density at radius 3 is 2.23 bits per heavy atom. The Balaban J connectivity index is 1.99. The first-order valence-electron chi connectivity index (χ1n) is 10.3. The van der Waals surface area contributed by atoms with Crippen LogP contribution in [0.5, 0.6) is 0 Å². The predicted molar refractivity (Wildman–Crippen MR) is 122 cm³/mol. The first-order chi connectivity index (χ1) is 14.7. The Labute approximate surface area is 192 Å². The van der Waals surface area contributed by atoms with E-state index in [0.717, 1.165) is 48.9 Å². The number of hydrogen-bond acceptors (Lipinski definition) is 3. The van der Waals surface area contributed by atoms with E-state index >= 15 is 0 Å². The Morgan fingerprint density at radius 1 is 1.03 bits per heavy atom. The van der Waals surface area contributed by atoms with Gasteiger partial charge in [-0.15, -0.1) is 0 Å². The molecule has 0 heterocycles. The van der Waals surface area contributed by atoms with Crippen LogP contribution in [0.1, 0.15) is 45.4 Å². The summed E-state index contributed by atoms with van der Waals surface area (Å²) >= 11 is 11.9. The molecule has 1 amide bonds. The van der Waals surface area contributed by atoms with Gasteiger partial charge in [0, 0.05) is 16.1 Å². The summed E-state index contributed by atoms with van der Waals surface area (Å²) in [5.74, 6) is -1.28. The molecule has 1 fully saturated rings. The monoisotopic (exact) mass is 486 g/mol. The van der Waals surface area contributed by atoms with Gasteiger partial charge in [0.15, 0.2) is 0 Å². The van der Waals surface area contributed by atoms with Crippen molar-refractivity contribution in [1.29, 1.82) is 0 Å². The zero-order valence-corrected chi connectivity index (χ0v) is 19.5. The summed E-state index contributed by atoms with van der Waals surface area (Å²) in [6.45, 7) is 1.44. The Hall–Kier alpha value is -1.83. The van der Waals surface area contributed by atoms with Crippen LogP contribution in [-0.2, 0) is 14.8 Å². The van der Waals surface area contributed by atoms with E-state index in [-0.39, 0.29) is 21.6 Å². The molecular weight excluding hydrogens is 462 g/mol. The van der Waals surface area contributed by atoms with Crippen molar-refractivity contribution in [3.63, 3.8) is 0 Å². The molecule has 9 heteroatoms. The van der Waals surface area contributed by atoms with Crippen molar-refractivity contribution >= 4 is 44.8 Å². The second kappa shape index (κ2) is 10.2. The van der Waals surface area contributed by atoms with E-state index in [0.29, 0.717) is 5.02 Å². The SMILES string of the molecule is CC(C(=O)NC1CCCCCC1)N(c1cc(Cl)ccc1F)S(=O)(=O)c1ccc(Cl)cc1. The van der Waals surface area contributed by atoms with Gasteiger partial charge in [0.05, 0.1) is 10.6 Å². The maximum absolute atomic E-state index is 14.7. The molecule has 1 atom stereocenters. The minimum Gasteiger partial charge on any atom is -0.352 e. The first-order valence-corrected chi connectivity index (χ1v) is 12.4. The number of nitrogens with zero attached hydrogens (tertiary/aromatic N) is 1. The highest BCUT2D eigenvalue weighted by atomic mass is 35.5. The van der Waals surface area contributed by atoms with Crippen molar-refractivity contribution in [2.45, 2.75) is 62.4 Å². The number of halogens is 3. The lowest BCUT2D eigenvalue weighted by molar-refractivity contribution is -0.122. The molecule has 1 saturated carbocycles. The minimum atomic E-state index is -4.29. The molecule has 2 aromatic carbocycles. The number of anilines is 1. The molecule has 0 aliphatic heterocycles. The fourth-order valence-electron chi connectivity index (χ4n) is 3.77. The van der Waals surface area contributed by atoms with Crippen LogP contribution in [0.3, 0.4) is 0 Å². The molecule has 2 aromatic rings. The van der Waals surface area contributed by atoms with Crippen molar-refractivity contribution in [1.82, 2.24) is 5.32 Å². The second-order valence-corrected chi connectivity index (χ2v) is 10.4. The standard InChI is InChI=1S/C22H25Cl2FN2O3S/c1-15(22(28)26-18-6-4-2-3-5-7-18)27(21-14-17(24)10-13-20(21)25)31(29,30)19-11-8-16(23)9-12-19/h8-15,18H,2-7H2,1H3,(H,26,28). The summed E-state index contributed by atoms with van der Waals surface area (Å²) in [5.41, 5.74) is -0.286. The van der Waals surface area contributed by atoms with Gasteiger partial charge in [-0.05, 0) is 62.2 Å². The summed E-state index contributed by atoms with van der Waals surface area (Å²) in [4.78, 5) is 13.0. The number of benzene rings is 2. The molecule has 1 aliphatic rings. The van der Waals surface area contributed by atoms with E-state index in [1.54, 1.807) is 0 Å². The van der Waals surface area contributed by atoms with Gasteiger partial charge in [0.1, 0.15) is 11.9 Å². The van der Waals surface area contributed by atoms with E-state index in [9.17, 15) is 17.6 Å². The highest BCUT2D eigenvalue weighted by Crippen LogP contribution is 2.31. The molecule has 0 spiro atoms. The zero-order chi connectivity index (χ0) is 22.6. The van der Waals surface area contributed by atoms with E-state index in [1.165, 1.54) is 43.3 Å². The van der Waals surface area contributed by atoms with Crippen LogP contribution < -0.4 is 9.62 Å². The van der Waals surface area contributed by atoms with Crippen LogP contribution >= 0.6 is 23.2 Å². The minimum absolute atomic E-state index is 0.0262. The maximum atomic E-state index is 14.7. The number of sulfonamides is 1. The van der Waals surface area contributed by atoms with Crippen molar-refractivity contribution < 1.29 is 17.6 Å². The van der Waals surface area contributed by atoms with Crippen molar-refractivity contribution in [2.24, 2.45) is 0 Å². The average molecular weight is 487 g/mol. The highest BCUT2D eigenvalue weighted by molar-refractivity contribution is 7.93. The number of hydrogen-bond donors (Lipinski definition) is 1. The van der Waals surface area contributed by atoms with Gasteiger partial charge in [-0.3, -0.25) is 9.10 Å². The van der Waals surface area contributed by atoms with Gasteiger partial charge in [-0.25, -0.2) is 12.8 Å². The van der Waals surface area contributed by atoms with Crippen LogP contribution in [-0.4, -0.2) is 26.4 Å². The number of carbonyl (C=O) groups is 1. The average Bonchev–Trinajstić information content (AvgIpc) is 2.99. The summed E-state index contributed by atoms with van der Waals surface area (Å²) in [7, 11) is -4.29. The quantitative estimate of drug-likeness (QED) is 0.543. The van der Waals surface area contributed by atoms with Crippen molar-refractivity contribution in [2.75, 3.05) is 4.31 Å². The van der Waals surface area contributed by atoms with Gasteiger partial charge in [-0.2, -0.15) is 0 Å². The molecule has 168 valence electrons. The third-order valence-corrected chi connectivity index (χ3v) is 7.83. The van der Waals surface area contributed by atoms with E-state index in [4.69, 9.17) is 23.2 Å². The Morgan fingerprint density at radius 2 is 1.61 bits per heavy atom. The summed E-state index contributed by atoms with van der Waals surface area (Å²) < 4.78 is 42.5. The van der Waals surface area contributed by atoms with Crippen LogP contribution in [0.2, 0.25) is 10.0 Å². The largest absolute Gasteiger partial charge is 0.352 e. The molecule has 3 rings (SSSR count). The molecule has 5 nitrogen and oxygen atoms in total. The van der Waals surface area contributed by atoms with Gasteiger partial charge in [0.25, 0.3) is 10.0 Å². The maximum Gasteiger partial charge on any atom is 0.265 e. The molecule has 1 N–H and O–H groups in total. The molecule has 0 radical (unpaired) electrons. The molecular formula is C22H25Cl2FN2O3S. The molecule has 0 saturated heterocycles. The van der Waals surface area contributed by atoms with Gasteiger partial charge >= 0.3 is 0 Å². The molecule has 1 aliphatic carbocycles. The van der Waals surface area contributed by atoms with E-state index in [2.05, 4.69) is 5.32 Å². The predicted octanol–water partition coefficient (Wildman–Crippen LogP) is 5.56. The fourth-order valence-corrected chi connectivity index (χ4v) is 5.68. The number of carbonyl (C=O) groups excluding carboxylic acids is 1. The zero-order valence-electron chi connectivity index (χ0n) is 17.2. The lowest BCUT2D eigenvalue weighted by Crippen LogP contribution is -2.50. The lowest BCUT2D eigenvalue weighted by Gasteiger charge is -2.31. The fraction of sp³-hybridized carbons (Fsp3) is 0.409. The summed E-state index contributed by atoms with van der Waals surface area (Å²) in [6, 6.07) is 7.89. The van der Waals surface area contributed by atoms with E-state index in [1.807, 2.05) is 0 Å². The third-order valence-electron chi connectivity index (χ3n) is 5.45.